The lowest BCUT2D eigenvalue weighted by atomic mass is 9.98. The predicted molar refractivity (Wildman–Crippen MR) is 106 cm³/mol. The molecule has 0 spiro atoms. The molecule has 0 bridgehead atoms. The molecule has 0 saturated carbocycles. The summed E-state index contributed by atoms with van der Waals surface area (Å²) in [6, 6.07) is 12.0. The molecule has 0 radical (unpaired) electrons. The lowest BCUT2D eigenvalue weighted by molar-refractivity contribution is 0.294. The number of anilines is 2. The molecule has 4 N–H and O–H groups in total. The minimum Gasteiger partial charge on any atom is -0.395 e. The Morgan fingerprint density at radius 3 is 2.96 bits per heavy atom. The van der Waals surface area contributed by atoms with Crippen molar-refractivity contribution >= 4 is 23.1 Å². The highest BCUT2D eigenvalue weighted by Gasteiger charge is 2.21. The van der Waals surface area contributed by atoms with E-state index in [1.165, 1.54) is 11.8 Å². The fourth-order valence-corrected chi connectivity index (χ4v) is 3.89. The Balaban J connectivity index is 1.51. The molecule has 1 aromatic carbocycles. The molecule has 27 heavy (non-hydrogen) atoms. The Bertz CT molecular complexity index is 928. The topological polar surface area (TPSA) is 95.2 Å². The number of aromatic nitrogens is 3. The lowest BCUT2D eigenvalue weighted by Gasteiger charge is -2.11. The zero-order valence-electron chi connectivity index (χ0n) is 14.8. The number of nitrogens with one attached hydrogen (secondary N) is 2. The maximum atomic E-state index is 9.71. The van der Waals surface area contributed by atoms with Crippen molar-refractivity contribution in [3.8, 4) is 5.82 Å². The van der Waals surface area contributed by atoms with E-state index >= 15 is 0 Å². The number of hydrogen-bond acceptors (Lipinski definition) is 7. The molecule has 2 unspecified atom stereocenters. The average Bonchev–Trinajstić information content (AvgIpc) is 3.31. The Kier molecular flexibility index (Phi) is 5.02. The van der Waals surface area contributed by atoms with Gasteiger partial charge in [0.05, 0.1) is 29.9 Å². The molecule has 140 valence electrons. The first kappa shape index (κ1) is 17.8. The Morgan fingerprint density at radius 2 is 2.19 bits per heavy atom. The second-order valence-electron chi connectivity index (χ2n) is 6.33. The molecular formula is C19H21N5O2S. The Labute approximate surface area is 161 Å². The molecule has 0 aliphatic carbocycles. The van der Waals surface area contributed by atoms with Crippen LogP contribution in [0.4, 0.5) is 11.4 Å². The van der Waals surface area contributed by atoms with Crippen LogP contribution < -0.4 is 10.6 Å². The van der Waals surface area contributed by atoms with Crippen LogP contribution in [0.15, 0.2) is 53.7 Å². The third kappa shape index (κ3) is 3.78. The number of aliphatic hydroxyl groups is 2. The molecule has 1 aliphatic rings. The van der Waals surface area contributed by atoms with Gasteiger partial charge in [0.15, 0.2) is 11.4 Å². The smallest absolute Gasteiger partial charge is 0.178 e. The van der Waals surface area contributed by atoms with Gasteiger partial charge < -0.3 is 20.8 Å². The number of hydrogen-bond donors (Lipinski definition) is 4. The quantitative estimate of drug-likeness (QED) is 0.520. The number of benzene rings is 1. The van der Waals surface area contributed by atoms with Crippen LogP contribution in [0.1, 0.15) is 24.1 Å². The summed E-state index contributed by atoms with van der Waals surface area (Å²) in [5.74, 6) is 0.861. The standard InChI is InChI=1S/C19H21N5O2S/c1-12(13-2-4-16-17(10-13)27-19(26)22-16)15-6-8-24(23-15)18-5-3-14(11-21-18)20-7-9-25/h2-6,8,10-12,19-20,22,25-26H,7,9H2,1H3. The van der Waals surface area contributed by atoms with Gasteiger partial charge in [0.1, 0.15) is 0 Å². The molecule has 7 nitrogen and oxygen atoms in total. The summed E-state index contributed by atoms with van der Waals surface area (Å²) < 4.78 is 1.76. The van der Waals surface area contributed by atoms with Gasteiger partial charge in [-0.3, -0.25) is 0 Å². The summed E-state index contributed by atoms with van der Waals surface area (Å²) in [5, 5.41) is 29.3. The number of thioether (sulfide) groups is 1. The van der Waals surface area contributed by atoms with Gasteiger partial charge in [-0.1, -0.05) is 24.8 Å². The highest BCUT2D eigenvalue weighted by molar-refractivity contribution is 8.00. The van der Waals surface area contributed by atoms with E-state index in [0.29, 0.717) is 6.54 Å². The van der Waals surface area contributed by atoms with E-state index in [-0.39, 0.29) is 12.5 Å². The van der Waals surface area contributed by atoms with Gasteiger partial charge in [-0.05, 0) is 35.9 Å². The van der Waals surface area contributed by atoms with Crippen LogP contribution in [-0.2, 0) is 0 Å². The van der Waals surface area contributed by atoms with Gasteiger partial charge >= 0.3 is 0 Å². The third-order valence-electron chi connectivity index (χ3n) is 4.50. The number of rotatable bonds is 6. The highest BCUT2D eigenvalue weighted by atomic mass is 32.2. The van der Waals surface area contributed by atoms with Crippen LogP contribution in [0, 0.1) is 0 Å². The second kappa shape index (κ2) is 7.59. The number of nitrogens with zero attached hydrogens (tertiary/aromatic N) is 3. The fraction of sp³-hybridized carbons (Fsp3) is 0.263. The van der Waals surface area contributed by atoms with E-state index in [1.807, 2.05) is 30.5 Å². The monoisotopic (exact) mass is 383 g/mol. The first-order valence-electron chi connectivity index (χ1n) is 8.76. The van der Waals surface area contributed by atoms with Crippen LogP contribution in [-0.4, -0.2) is 43.7 Å². The van der Waals surface area contributed by atoms with Crippen LogP contribution in [0.3, 0.4) is 0 Å². The zero-order valence-corrected chi connectivity index (χ0v) is 15.6. The largest absolute Gasteiger partial charge is 0.395 e. The third-order valence-corrected chi connectivity index (χ3v) is 5.43. The molecule has 2 atom stereocenters. The average molecular weight is 383 g/mol. The molecule has 0 saturated heterocycles. The maximum Gasteiger partial charge on any atom is 0.178 e. The van der Waals surface area contributed by atoms with Crippen molar-refractivity contribution in [3.63, 3.8) is 0 Å². The summed E-state index contributed by atoms with van der Waals surface area (Å²) >= 11 is 1.41. The van der Waals surface area contributed by atoms with Crippen molar-refractivity contribution in [3.05, 3.63) is 60.0 Å². The Hall–Kier alpha value is -2.55. The van der Waals surface area contributed by atoms with Crippen molar-refractivity contribution in [1.82, 2.24) is 14.8 Å². The molecule has 8 heteroatoms. The summed E-state index contributed by atoms with van der Waals surface area (Å²) in [6.45, 7) is 2.70. The van der Waals surface area contributed by atoms with E-state index in [9.17, 15) is 5.11 Å². The number of aliphatic hydroxyl groups excluding tert-OH is 2. The molecule has 3 aromatic rings. The van der Waals surface area contributed by atoms with Gasteiger partial charge in [0.25, 0.3) is 0 Å². The fourth-order valence-electron chi connectivity index (χ4n) is 3.00. The van der Waals surface area contributed by atoms with Crippen LogP contribution in [0.2, 0.25) is 0 Å². The van der Waals surface area contributed by atoms with Crippen LogP contribution in [0.5, 0.6) is 0 Å². The molecular weight excluding hydrogens is 362 g/mol. The summed E-state index contributed by atoms with van der Waals surface area (Å²) in [5.41, 5.74) is 3.35. The first-order valence-corrected chi connectivity index (χ1v) is 9.64. The minimum absolute atomic E-state index is 0.0817. The van der Waals surface area contributed by atoms with Gasteiger partial charge in [-0.2, -0.15) is 5.10 Å². The maximum absolute atomic E-state index is 9.71. The Morgan fingerprint density at radius 1 is 1.30 bits per heavy atom. The van der Waals surface area contributed by atoms with E-state index in [0.717, 1.165) is 33.3 Å². The van der Waals surface area contributed by atoms with Crippen molar-refractivity contribution in [2.24, 2.45) is 0 Å². The van der Waals surface area contributed by atoms with E-state index in [4.69, 9.17) is 5.11 Å². The number of pyridine rings is 1. The molecule has 2 aromatic heterocycles. The molecule has 1 aliphatic heterocycles. The van der Waals surface area contributed by atoms with Crippen molar-refractivity contribution < 1.29 is 10.2 Å². The summed E-state index contributed by atoms with van der Waals surface area (Å²) in [6.07, 6.45) is 3.63. The van der Waals surface area contributed by atoms with Crippen molar-refractivity contribution in [2.45, 2.75) is 23.3 Å². The van der Waals surface area contributed by atoms with Gasteiger partial charge in [-0.25, -0.2) is 9.67 Å². The molecule has 0 amide bonds. The van der Waals surface area contributed by atoms with E-state index in [1.54, 1.807) is 10.9 Å². The van der Waals surface area contributed by atoms with Gasteiger partial charge in [0, 0.05) is 23.6 Å². The minimum atomic E-state index is -0.578. The summed E-state index contributed by atoms with van der Waals surface area (Å²) in [4.78, 5) is 5.47. The molecule has 0 fully saturated rings. The van der Waals surface area contributed by atoms with E-state index < -0.39 is 5.56 Å². The predicted octanol–water partition coefficient (Wildman–Crippen LogP) is 2.62. The SMILES string of the molecule is CC(c1ccc2c(c1)SC(O)N2)c1ccn(-c2ccc(NCCO)cn2)n1. The van der Waals surface area contributed by atoms with Gasteiger partial charge in [0.2, 0.25) is 0 Å². The normalized spacial score (nSPS) is 16.6. The first-order chi connectivity index (χ1) is 13.1. The van der Waals surface area contributed by atoms with Crippen molar-refractivity contribution in [2.75, 3.05) is 23.8 Å². The molecule has 3 heterocycles. The zero-order chi connectivity index (χ0) is 18.8. The van der Waals surface area contributed by atoms with E-state index in [2.05, 4.69) is 39.8 Å². The second-order valence-corrected chi connectivity index (χ2v) is 7.45. The van der Waals surface area contributed by atoms with Gasteiger partial charge in [-0.15, -0.1) is 0 Å². The number of fused-ring (bicyclic) bond motifs is 1. The highest BCUT2D eigenvalue weighted by Crippen LogP contribution is 2.39. The lowest BCUT2D eigenvalue weighted by Crippen LogP contribution is -2.07. The summed E-state index contributed by atoms with van der Waals surface area (Å²) in [7, 11) is 0. The molecule has 4 rings (SSSR count). The van der Waals surface area contributed by atoms with Crippen LogP contribution >= 0.6 is 11.8 Å². The van der Waals surface area contributed by atoms with Crippen molar-refractivity contribution in [1.29, 1.82) is 0 Å². The van der Waals surface area contributed by atoms with Crippen LogP contribution in [0.25, 0.3) is 5.82 Å².